The number of hydrogen-bond acceptors (Lipinski definition) is 4. The van der Waals surface area contributed by atoms with Crippen LogP contribution in [0.4, 0.5) is 0 Å². The fourth-order valence-electron chi connectivity index (χ4n) is 3.32. The average Bonchev–Trinajstić information content (AvgIpc) is 2.84. The fraction of sp³-hybridized carbons (Fsp3) is 0.316. The highest BCUT2D eigenvalue weighted by Crippen LogP contribution is 2.51. The minimum atomic E-state index is -0.681. The molecule has 0 saturated heterocycles. The Balaban J connectivity index is 2.18. The Kier molecular flexibility index (Phi) is 4.10. The van der Waals surface area contributed by atoms with E-state index in [1.54, 1.807) is 0 Å². The van der Waals surface area contributed by atoms with Crippen LogP contribution in [-0.4, -0.2) is 11.6 Å². The molecule has 2 aromatic rings. The van der Waals surface area contributed by atoms with Crippen LogP contribution in [0.5, 0.6) is 0 Å². The van der Waals surface area contributed by atoms with Gasteiger partial charge in [0.15, 0.2) is 0 Å². The molecular formula is C19H17N3O. The lowest BCUT2D eigenvalue weighted by Crippen LogP contribution is -2.29. The number of benzene rings is 1. The molecule has 0 fully saturated rings. The van der Waals surface area contributed by atoms with E-state index in [1.807, 2.05) is 25.3 Å². The maximum atomic E-state index is 9.08. The van der Waals surface area contributed by atoms with Crippen molar-refractivity contribution in [2.75, 3.05) is 6.61 Å². The second-order valence-corrected chi connectivity index (χ2v) is 5.66. The molecule has 1 aliphatic rings. The zero-order chi connectivity index (χ0) is 16.3. The normalized spacial score (nSPS) is 17.9. The summed E-state index contributed by atoms with van der Waals surface area (Å²) in [5.74, 6) is 0. The van der Waals surface area contributed by atoms with Crippen molar-refractivity contribution in [3.63, 3.8) is 0 Å². The summed E-state index contributed by atoms with van der Waals surface area (Å²) in [5.41, 5.74) is 4.57. The van der Waals surface area contributed by atoms with Crippen molar-refractivity contribution in [1.29, 1.82) is 10.5 Å². The minimum Gasteiger partial charge on any atom is -0.364 e. The van der Waals surface area contributed by atoms with Gasteiger partial charge in [-0.1, -0.05) is 24.3 Å². The van der Waals surface area contributed by atoms with Gasteiger partial charge in [-0.2, -0.15) is 10.5 Å². The van der Waals surface area contributed by atoms with E-state index in [0.29, 0.717) is 25.9 Å². The first-order valence-corrected chi connectivity index (χ1v) is 7.68. The Morgan fingerprint density at radius 3 is 2.65 bits per heavy atom. The first-order chi connectivity index (χ1) is 11.2. The second kappa shape index (κ2) is 6.20. The van der Waals surface area contributed by atoms with Gasteiger partial charge in [-0.15, -0.1) is 0 Å². The number of aryl methyl sites for hydroxylation is 1. The van der Waals surface area contributed by atoms with Crippen LogP contribution in [0.3, 0.4) is 0 Å². The maximum Gasteiger partial charge on any atom is 0.122 e. The standard InChI is InChI=1S/C19H17N3O/c1-14-12-16-15-6-2-3-7-17(15)19(8-4-9-20,18(16)13-22-14)23-11-5-10-21/h2-3,6-7,12-13H,4-5,8,11H2,1H3. The van der Waals surface area contributed by atoms with Crippen molar-refractivity contribution in [3.8, 4) is 23.3 Å². The number of hydrogen-bond donors (Lipinski definition) is 0. The molecule has 114 valence electrons. The van der Waals surface area contributed by atoms with E-state index in [1.165, 1.54) is 0 Å². The Morgan fingerprint density at radius 1 is 1.09 bits per heavy atom. The number of rotatable bonds is 5. The van der Waals surface area contributed by atoms with Crippen LogP contribution in [0.1, 0.15) is 36.1 Å². The molecule has 0 N–H and O–H groups in total. The molecule has 1 aliphatic carbocycles. The third kappa shape index (κ3) is 2.48. The Hall–Kier alpha value is -2.69. The van der Waals surface area contributed by atoms with Gasteiger partial charge in [0, 0.05) is 23.9 Å². The van der Waals surface area contributed by atoms with Crippen LogP contribution in [0.15, 0.2) is 36.5 Å². The topological polar surface area (TPSA) is 69.7 Å². The summed E-state index contributed by atoms with van der Waals surface area (Å²) in [5, 5.41) is 17.9. The molecule has 1 aromatic carbocycles. The summed E-state index contributed by atoms with van der Waals surface area (Å²) in [7, 11) is 0. The number of aromatic nitrogens is 1. The summed E-state index contributed by atoms with van der Waals surface area (Å²) < 4.78 is 6.21. The van der Waals surface area contributed by atoms with Crippen molar-refractivity contribution in [2.24, 2.45) is 0 Å². The predicted molar refractivity (Wildman–Crippen MR) is 86.2 cm³/mol. The highest BCUT2D eigenvalue weighted by Gasteiger charge is 2.44. The van der Waals surface area contributed by atoms with Crippen LogP contribution < -0.4 is 0 Å². The number of nitrogens with zero attached hydrogens (tertiary/aromatic N) is 3. The average molecular weight is 303 g/mol. The molecule has 1 aromatic heterocycles. The smallest absolute Gasteiger partial charge is 0.122 e. The van der Waals surface area contributed by atoms with Gasteiger partial charge in [0.05, 0.1) is 25.2 Å². The minimum absolute atomic E-state index is 0.324. The zero-order valence-electron chi connectivity index (χ0n) is 13.0. The fourth-order valence-corrected chi connectivity index (χ4v) is 3.32. The second-order valence-electron chi connectivity index (χ2n) is 5.66. The maximum absolute atomic E-state index is 9.08. The van der Waals surface area contributed by atoms with E-state index >= 15 is 0 Å². The molecule has 1 atom stereocenters. The van der Waals surface area contributed by atoms with E-state index in [0.717, 1.165) is 27.9 Å². The molecule has 0 radical (unpaired) electrons. The van der Waals surface area contributed by atoms with Crippen LogP contribution in [0.2, 0.25) is 0 Å². The number of ether oxygens (including phenoxy) is 1. The van der Waals surface area contributed by atoms with E-state index in [2.05, 4.69) is 35.3 Å². The van der Waals surface area contributed by atoms with Crippen LogP contribution in [-0.2, 0) is 10.3 Å². The van der Waals surface area contributed by atoms with E-state index in [4.69, 9.17) is 15.3 Å². The summed E-state index contributed by atoms with van der Waals surface area (Å²) in [6, 6.07) is 14.5. The Morgan fingerprint density at radius 2 is 1.87 bits per heavy atom. The molecule has 0 spiro atoms. The molecule has 1 unspecified atom stereocenters. The highest BCUT2D eigenvalue weighted by atomic mass is 16.5. The van der Waals surface area contributed by atoms with Crippen molar-refractivity contribution in [3.05, 3.63) is 53.3 Å². The number of nitriles is 2. The van der Waals surface area contributed by atoms with E-state index in [9.17, 15) is 0 Å². The first-order valence-electron chi connectivity index (χ1n) is 7.68. The van der Waals surface area contributed by atoms with Crippen molar-refractivity contribution < 1.29 is 4.74 Å². The number of fused-ring (bicyclic) bond motifs is 3. The molecule has 1 heterocycles. The molecule has 0 amide bonds. The molecule has 3 rings (SSSR count). The molecular weight excluding hydrogens is 286 g/mol. The van der Waals surface area contributed by atoms with Gasteiger partial charge >= 0.3 is 0 Å². The van der Waals surface area contributed by atoms with Crippen molar-refractivity contribution in [1.82, 2.24) is 4.98 Å². The summed E-state index contributed by atoms with van der Waals surface area (Å²) >= 11 is 0. The van der Waals surface area contributed by atoms with E-state index < -0.39 is 5.60 Å². The molecule has 0 saturated carbocycles. The summed E-state index contributed by atoms with van der Waals surface area (Å²) in [6.45, 7) is 2.30. The largest absolute Gasteiger partial charge is 0.364 e. The lowest BCUT2D eigenvalue weighted by Gasteiger charge is -2.31. The third-order valence-corrected chi connectivity index (χ3v) is 4.28. The first kappa shape index (κ1) is 15.2. The van der Waals surface area contributed by atoms with Gasteiger partial charge in [-0.05, 0) is 36.1 Å². The van der Waals surface area contributed by atoms with Crippen LogP contribution in [0, 0.1) is 29.6 Å². The van der Waals surface area contributed by atoms with Gasteiger partial charge in [-0.25, -0.2) is 0 Å². The van der Waals surface area contributed by atoms with Gasteiger partial charge in [0.25, 0.3) is 0 Å². The zero-order valence-corrected chi connectivity index (χ0v) is 13.0. The predicted octanol–water partition coefficient (Wildman–Crippen LogP) is 3.85. The van der Waals surface area contributed by atoms with Crippen molar-refractivity contribution >= 4 is 0 Å². The van der Waals surface area contributed by atoms with Gasteiger partial charge in [0.1, 0.15) is 5.60 Å². The summed E-state index contributed by atoms with van der Waals surface area (Å²) in [6.07, 6.45) is 3.12. The molecule has 4 nitrogen and oxygen atoms in total. The third-order valence-electron chi connectivity index (χ3n) is 4.28. The SMILES string of the molecule is Cc1cc2c(cn1)C(CCC#N)(OCCC#N)c1ccccc1-2. The molecule has 0 bridgehead atoms. The number of pyridine rings is 1. The lowest BCUT2D eigenvalue weighted by atomic mass is 9.87. The van der Waals surface area contributed by atoms with Crippen LogP contribution >= 0.6 is 0 Å². The van der Waals surface area contributed by atoms with Gasteiger partial charge in [0.2, 0.25) is 0 Å². The van der Waals surface area contributed by atoms with Gasteiger partial charge in [-0.3, -0.25) is 4.98 Å². The summed E-state index contributed by atoms with van der Waals surface area (Å²) in [4.78, 5) is 4.44. The van der Waals surface area contributed by atoms with E-state index in [-0.39, 0.29) is 0 Å². The molecule has 0 aliphatic heterocycles. The van der Waals surface area contributed by atoms with Crippen LogP contribution in [0.25, 0.3) is 11.1 Å². The lowest BCUT2D eigenvalue weighted by molar-refractivity contribution is -0.0179. The highest BCUT2D eigenvalue weighted by molar-refractivity contribution is 5.80. The van der Waals surface area contributed by atoms with Crippen molar-refractivity contribution in [2.45, 2.75) is 31.8 Å². The molecule has 4 heteroatoms. The quantitative estimate of drug-likeness (QED) is 0.787. The Bertz CT molecular complexity index is 816. The Labute approximate surface area is 136 Å². The van der Waals surface area contributed by atoms with Gasteiger partial charge < -0.3 is 4.74 Å². The molecule has 23 heavy (non-hydrogen) atoms. The monoisotopic (exact) mass is 303 g/mol.